The van der Waals surface area contributed by atoms with E-state index in [2.05, 4.69) is 66.1 Å². The fraction of sp³-hybridized carbons (Fsp3) is 0.750. The van der Waals surface area contributed by atoms with Gasteiger partial charge in [0.1, 0.15) is 0 Å². The molecule has 3 heteroatoms. The van der Waals surface area contributed by atoms with Gasteiger partial charge in [-0.2, -0.15) is 0 Å². The Kier molecular flexibility index (Phi) is 8.00. The molecule has 0 N–H and O–H groups in total. The lowest BCUT2D eigenvalue weighted by Gasteiger charge is -2.43. The van der Waals surface area contributed by atoms with Crippen molar-refractivity contribution in [1.29, 1.82) is 0 Å². The average molecular weight is 337 g/mol. The Morgan fingerprint density at radius 2 is 1.74 bits per heavy atom. The van der Waals surface area contributed by atoms with Gasteiger partial charge in [-0.15, -0.1) is 6.58 Å². The first-order valence-corrected chi connectivity index (χ1v) is 11.5. The standard InChI is InChI=1S/C20H36O2Si/c1-11-15-20(7,8)18(14-12-13-17(21)16(2)3)22-23(9,10)19(4,5)6/h11,16,18H,1,14-15H2,2-10H3. The first kappa shape index (κ1) is 22.1. The van der Waals surface area contributed by atoms with Gasteiger partial charge >= 0.3 is 0 Å². The lowest BCUT2D eigenvalue weighted by Crippen LogP contribution is -2.47. The molecular formula is C20H36O2Si. The molecule has 23 heavy (non-hydrogen) atoms. The maximum atomic E-state index is 11.7. The summed E-state index contributed by atoms with van der Waals surface area (Å²) in [5.74, 6) is 5.80. The molecule has 132 valence electrons. The molecule has 0 aliphatic rings. The van der Waals surface area contributed by atoms with Crippen LogP contribution in [0, 0.1) is 23.2 Å². The number of hydrogen-bond acceptors (Lipinski definition) is 2. The van der Waals surface area contributed by atoms with Crippen LogP contribution in [-0.2, 0) is 9.22 Å². The number of hydrogen-bond donors (Lipinski definition) is 0. The Labute approximate surface area is 145 Å². The molecule has 0 heterocycles. The third-order valence-electron chi connectivity index (χ3n) is 4.81. The fourth-order valence-electron chi connectivity index (χ4n) is 1.89. The lowest BCUT2D eigenvalue weighted by atomic mass is 9.82. The smallest absolute Gasteiger partial charge is 0.207 e. The van der Waals surface area contributed by atoms with E-state index in [1.807, 2.05) is 19.9 Å². The van der Waals surface area contributed by atoms with Crippen molar-refractivity contribution in [1.82, 2.24) is 0 Å². The van der Waals surface area contributed by atoms with Gasteiger partial charge in [-0.25, -0.2) is 0 Å². The molecule has 0 radical (unpaired) electrons. The van der Waals surface area contributed by atoms with Gasteiger partial charge in [0, 0.05) is 12.3 Å². The van der Waals surface area contributed by atoms with Crippen LogP contribution in [0.15, 0.2) is 12.7 Å². The Bertz CT molecular complexity index is 470. The van der Waals surface area contributed by atoms with Crippen molar-refractivity contribution in [2.75, 3.05) is 0 Å². The van der Waals surface area contributed by atoms with Crippen LogP contribution >= 0.6 is 0 Å². The number of allylic oxidation sites excluding steroid dienone is 1. The summed E-state index contributed by atoms with van der Waals surface area (Å²) in [5, 5.41) is 0.149. The van der Waals surface area contributed by atoms with Gasteiger partial charge in [-0.1, -0.05) is 60.5 Å². The molecule has 1 atom stereocenters. The summed E-state index contributed by atoms with van der Waals surface area (Å²) >= 11 is 0. The summed E-state index contributed by atoms with van der Waals surface area (Å²) in [6.45, 7) is 23.3. The summed E-state index contributed by atoms with van der Waals surface area (Å²) < 4.78 is 6.64. The van der Waals surface area contributed by atoms with Gasteiger partial charge in [0.05, 0.1) is 6.10 Å². The molecule has 0 rings (SSSR count). The monoisotopic (exact) mass is 336 g/mol. The van der Waals surface area contributed by atoms with Gasteiger partial charge < -0.3 is 4.43 Å². The summed E-state index contributed by atoms with van der Waals surface area (Å²) in [4.78, 5) is 11.7. The van der Waals surface area contributed by atoms with Crippen LogP contribution in [0.1, 0.15) is 61.3 Å². The molecule has 0 aliphatic heterocycles. The molecule has 2 nitrogen and oxygen atoms in total. The topological polar surface area (TPSA) is 26.3 Å². The van der Waals surface area contributed by atoms with Crippen LogP contribution in [-0.4, -0.2) is 20.2 Å². The van der Waals surface area contributed by atoms with E-state index in [-0.39, 0.29) is 28.3 Å². The first-order valence-electron chi connectivity index (χ1n) is 8.56. The number of carbonyl (C=O) groups excluding carboxylic acids is 1. The highest BCUT2D eigenvalue weighted by molar-refractivity contribution is 6.74. The molecule has 0 spiro atoms. The molecule has 0 saturated carbocycles. The molecule has 0 bridgehead atoms. The van der Waals surface area contributed by atoms with Gasteiger partial charge in [0.25, 0.3) is 0 Å². The highest BCUT2D eigenvalue weighted by atomic mass is 28.4. The van der Waals surface area contributed by atoms with E-state index < -0.39 is 8.32 Å². The zero-order chi connectivity index (χ0) is 18.5. The summed E-state index contributed by atoms with van der Waals surface area (Å²) in [6.07, 6.45) is 3.40. The Balaban J connectivity index is 5.35. The highest BCUT2D eigenvalue weighted by Crippen LogP contribution is 2.41. The van der Waals surface area contributed by atoms with Crippen molar-refractivity contribution in [2.45, 2.75) is 85.5 Å². The number of Topliss-reactive ketones (excluding diaryl/α,β-unsaturated/α-hetero) is 1. The van der Waals surface area contributed by atoms with Crippen LogP contribution in [0.5, 0.6) is 0 Å². The molecule has 0 aromatic carbocycles. The normalized spacial score (nSPS) is 14.2. The third kappa shape index (κ3) is 7.06. The predicted octanol–water partition coefficient (Wildman–Crippen LogP) is 5.60. The summed E-state index contributed by atoms with van der Waals surface area (Å²) in [5.41, 5.74) is -0.0488. The zero-order valence-electron chi connectivity index (χ0n) is 16.7. The van der Waals surface area contributed by atoms with Gasteiger partial charge in [-0.05, 0) is 35.9 Å². The SMILES string of the molecule is C=CCC(C)(C)C(CC#CC(=O)C(C)C)O[Si](C)(C)C(C)(C)C. The van der Waals surface area contributed by atoms with Crippen molar-refractivity contribution < 1.29 is 9.22 Å². The zero-order valence-corrected chi connectivity index (χ0v) is 17.7. The van der Waals surface area contributed by atoms with Crippen LogP contribution in [0.2, 0.25) is 18.1 Å². The molecule has 1 unspecified atom stereocenters. The quantitative estimate of drug-likeness (QED) is 0.262. The van der Waals surface area contributed by atoms with Crippen LogP contribution < -0.4 is 0 Å². The highest BCUT2D eigenvalue weighted by Gasteiger charge is 2.42. The second-order valence-corrected chi connectivity index (χ2v) is 13.6. The maximum absolute atomic E-state index is 11.7. The van der Waals surface area contributed by atoms with E-state index in [1.165, 1.54) is 0 Å². The Hall–Kier alpha value is -0.853. The molecular weight excluding hydrogens is 300 g/mol. The van der Waals surface area contributed by atoms with E-state index in [9.17, 15) is 4.79 Å². The summed E-state index contributed by atoms with van der Waals surface area (Å²) in [7, 11) is -1.89. The minimum Gasteiger partial charge on any atom is -0.412 e. The Morgan fingerprint density at radius 3 is 2.13 bits per heavy atom. The summed E-state index contributed by atoms with van der Waals surface area (Å²) in [6, 6.07) is 0. The minimum absolute atomic E-state index is 0.00222. The Morgan fingerprint density at radius 1 is 1.22 bits per heavy atom. The number of carbonyl (C=O) groups is 1. The van der Waals surface area contributed by atoms with Crippen LogP contribution in [0.3, 0.4) is 0 Å². The van der Waals surface area contributed by atoms with Crippen LogP contribution in [0.4, 0.5) is 0 Å². The average Bonchev–Trinajstić information content (AvgIpc) is 2.35. The molecule has 0 aliphatic carbocycles. The van der Waals surface area contributed by atoms with Crippen molar-refractivity contribution in [2.24, 2.45) is 11.3 Å². The second-order valence-electron chi connectivity index (χ2n) is 8.87. The molecule has 0 aromatic rings. The van der Waals surface area contributed by atoms with E-state index in [0.717, 1.165) is 6.42 Å². The maximum Gasteiger partial charge on any atom is 0.207 e. The van der Waals surface area contributed by atoms with Gasteiger partial charge in [0.2, 0.25) is 5.78 Å². The van der Waals surface area contributed by atoms with Crippen LogP contribution in [0.25, 0.3) is 0 Å². The van der Waals surface area contributed by atoms with E-state index in [4.69, 9.17) is 4.43 Å². The van der Waals surface area contributed by atoms with E-state index in [1.54, 1.807) is 0 Å². The molecule has 0 aromatic heterocycles. The lowest BCUT2D eigenvalue weighted by molar-refractivity contribution is -0.116. The second kappa shape index (κ2) is 8.31. The number of ketones is 1. The number of rotatable bonds is 7. The van der Waals surface area contributed by atoms with Gasteiger partial charge in [0.15, 0.2) is 8.32 Å². The van der Waals surface area contributed by atoms with Crippen molar-refractivity contribution in [3.8, 4) is 11.8 Å². The molecule has 0 fully saturated rings. The fourth-order valence-corrected chi connectivity index (χ4v) is 3.36. The van der Waals surface area contributed by atoms with Crippen molar-refractivity contribution >= 4 is 14.1 Å². The van der Waals surface area contributed by atoms with E-state index in [0.29, 0.717) is 6.42 Å². The molecule has 0 amide bonds. The predicted molar refractivity (Wildman–Crippen MR) is 103 cm³/mol. The third-order valence-corrected chi connectivity index (χ3v) is 9.29. The minimum atomic E-state index is -1.89. The van der Waals surface area contributed by atoms with Crippen molar-refractivity contribution in [3.63, 3.8) is 0 Å². The first-order chi connectivity index (χ1) is 10.2. The largest absolute Gasteiger partial charge is 0.412 e. The van der Waals surface area contributed by atoms with Crippen molar-refractivity contribution in [3.05, 3.63) is 12.7 Å². The van der Waals surface area contributed by atoms with Gasteiger partial charge in [-0.3, -0.25) is 4.79 Å². The van der Waals surface area contributed by atoms with E-state index >= 15 is 0 Å². The molecule has 0 saturated heterocycles.